The summed E-state index contributed by atoms with van der Waals surface area (Å²) in [6, 6.07) is 2.64. The second-order valence-electron chi connectivity index (χ2n) is 8.30. The number of nitrogens with one attached hydrogen (secondary N) is 3. The average Bonchev–Trinajstić information content (AvgIpc) is 2.82. The highest BCUT2D eigenvalue weighted by molar-refractivity contribution is 5.96. The first kappa shape index (κ1) is 31.0. The van der Waals surface area contributed by atoms with E-state index in [1.54, 1.807) is 30.3 Å². The lowest BCUT2D eigenvalue weighted by atomic mass is 10.0. The fraction of sp³-hybridized carbons (Fsp3) is 0.478. The average molecular weight is 524 g/mol. The zero-order chi connectivity index (χ0) is 28.0. The predicted octanol–water partition coefficient (Wildman–Crippen LogP) is -1.83. The predicted molar refractivity (Wildman–Crippen MR) is 129 cm³/mol. The number of carbonyl (C=O) groups excluding carboxylic acids is 3. The monoisotopic (exact) mass is 523 g/mol. The van der Waals surface area contributed by atoms with Crippen LogP contribution in [-0.4, -0.2) is 81.7 Å². The van der Waals surface area contributed by atoms with E-state index >= 15 is 0 Å². The third-order valence-electron chi connectivity index (χ3n) is 5.22. The van der Waals surface area contributed by atoms with Crippen LogP contribution in [0.25, 0.3) is 0 Å². The van der Waals surface area contributed by atoms with E-state index in [1.807, 2.05) is 0 Å². The summed E-state index contributed by atoms with van der Waals surface area (Å²) < 4.78 is 0. The highest BCUT2D eigenvalue weighted by Crippen LogP contribution is 2.07. The molecule has 0 aromatic heterocycles. The van der Waals surface area contributed by atoms with Crippen LogP contribution in [-0.2, 0) is 35.2 Å². The van der Waals surface area contributed by atoms with Gasteiger partial charge in [0.2, 0.25) is 17.7 Å². The summed E-state index contributed by atoms with van der Waals surface area (Å²) in [6.07, 6.45) is -0.624. The molecule has 0 aliphatic carbocycles. The molecule has 1 rings (SSSR count). The standard InChI is InChI=1S/C23H33N5O9/c24-9-5-4-8-15(23(36)37)26-21(34)16(10-13-6-2-1-3-7-13)28-22(35)17(12-19(31)32)27-20(33)14(25)11-18(29)30/h1-3,6-7,14-17H,4-5,8-12,24-25H2,(H,26,34)(H,27,33)(H,28,35)(H,29,30)(H,31,32)(H,36,37). The van der Waals surface area contributed by atoms with Crippen molar-refractivity contribution < 1.29 is 44.1 Å². The van der Waals surface area contributed by atoms with Gasteiger partial charge < -0.3 is 42.7 Å². The molecule has 37 heavy (non-hydrogen) atoms. The number of benzene rings is 1. The maximum atomic E-state index is 13.0. The van der Waals surface area contributed by atoms with Gasteiger partial charge in [-0.25, -0.2) is 4.79 Å². The number of nitrogens with two attached hydrogens (primary N) is 2. The van der Waals surface area contributed by atoms with Crippen molar-refractivity contribution in [1.29, 1.82) is 0 Å². The Morgan fingerprint density at radius 3 is 1.81 bits per heavy atom. The van der Waals surface area contributed by atoms with Crippen molar-refractivity contribution in [3.63, 3.8) is 0 Å². The van der Waals surface area contributed by atoms with Crippen LogP contribution < -0.4 is 27.4 Å². The van der Waals surface area contributed by atoms with Gasteiger partial charge in [0.15, 0.2) is 0 Å². The summed E-state index contributed by atoms with van der Waals surface area (Å²) in [6.45, 7) is 0.347. The minimum Gasteiger partial charge on any atom is -0.481 e. The molecule has 204 valence electrons. The minimum absolute atomic E-state index is 0.0696. The lowest BCUT2D eigenvalue weighted by Crippen LogP contribution is -2.58. The van der Waals surface area contributed by atoms with Crippen LogP contribution in [0.2, 0.25) is 0 Å². The molecule has 3 amide bonds. The Bertz CT molecular complexity index is 957. The van der Waals surface area contributed by atoms with Gasteiger partial charge in [-0.15, -0.1) is 0 Å². The molecule has 0 heterocycles. The first-order chi connectivity index (χ1) is 17.4. The van der Waals surface area contributed by atoms with Gasteiger partial charge in [0.25, 0.3) is 0 Å². The molecule has 14 nitrogen and oxygen atoms in total. The first-order valence-corrected chi connectivity index (χ1v) is 11.5. The number of carboxylic acid groups (broad SMARTS) is 3. The zero-order valence-electron chi connectivity index (χ0n) is 20.1. The van der Waals surface area contributed by atoms with E-state index in [9.17, 15) is 39.0 Å². The molecule has 0 aliphatic rings. The quantitative estimate of drug-likeness (QED) is 0.105. The number of hydrogen-bond donors (Lipinski definition) is 8. The van der Waals surface area contributed by atoms with Crippen molar-refractivity contribution >= 4 is 35.6 Å². The van der Waals surface area contributed by atoms with Crippen LogP contribution in [0.5, 0.6) is 0 Å². The number of hydrogen-bond acceptors (Lipinski definition) is 8. The summed E-state index contributed by atoms with van der Waals surface area (Å²) in [7, 11) is 0. The van der Waals surface area contributed by atoms with Crippen LogP contribution in [0.15, 0.2) is 30.3 Å². The second-order valence-corrected chi connectivity index (χ2v) is 8.30. The lowest BCUT2D eigenvalue weighted by molar-refractivity contribution is -0.143. The van der Waals surface area contributed by atoms with E-state index in [0.717, 1.165) is 0 Å². The third-order valence-corrected chi connectivity index (χ3v) is 5.22. The summed E-state index contributed by atoms with van der Waals surface area (Å²) in [5.41, 5.74) is 11.5. The maximum Gasteiger partial charge on any atom is 0.326 e. The SMILES string of the molecule is NCCCCC(NC(=O)C(Cc1ccccc1)NC(=O)C(CC(=O)O)NC(=O)C(N)CC(=O)O)C(=O)O. The minimum atomic E-state index is -1.68. The Kier molecular flexibility index (Phi) is 13.3. The fourth-order valence-corrected chi connectivity index (χ4v) is 3.30. The van der Waals surface area contributed by atoms with Crippen molar-refractivity contribution in [3.8, 4) is 0 Å². The number of carboxylic acids is 3. The molecule has 0 bridgehead atoms. The van der Waals surface area contributed by atoms with E-state index in [-0.39, 0.29) is 12.8 Å². The van der Waals surface area contributed by atoms with Gasteiger partial charge in [-0.1, -0.05) is 30.3 Å². The maximum absolute atomic E-state index is 13.0. The molecule has 4 unspecified atom stereocenters. The second kappa shape index (κ2) is 15.9. The molecule has 0 aliphatic heterocycles. The normalized spacial score (nSPS) is 13.9. The molecular weight excluding hydrogens is 490 g/mol. The van der Waals surface area contributed by atoms with Crippen molar-refractivity contribution in [3.05, 3.63) is 35.9 Å². The highest BCUT2D eigenvalue weighted by Gasteiger charge is 2.31. The van der Waals surface area contributed by atoms with E-state index < -0.39 is 72.6 Å². The molecule has 0 spiro atoms. The molecule has 10 N–H and O–H groups in total. The molecule has 0 saturated carbocycles. The van der Waals surface area contributed by atoms with Crippen molar-refractivity contribution in [2.45, 2.75) is 62.7 Å². The van der Waals surface area contributed by atoms with Gasteiger partial charge in [-0.2, -0.15) is 0 Å². The Morgan fingerprint density at radius 2 is 1.27 bits per heavy atom. The van der Waals surface area contributed by atoms with Crippen LogP contribution >= 0.6 is 0 Å². The van der Waals surface area contributed by atoms with E-state index in [4.69, 9.17) is 16.6 Å². The van der Waals surface area contributed by atoms with Gasteiger partial charge in [-0.3, -0.25) is 24.0 Å². The molecule has 0 saturated heterocycles. The first-order valence-electron chi connectivity index (χ1n) is 11.5. The van der Waals surface area contributed by atoms with Crippen LogP contribution in [0.3, 0.4) is 0 Å². The Morgan fingerprint density at radius 1 is 0.730 bits per heavy atom. The molecule has 0 radical (unpaired) electrons. The summed E-state index contributed by atoms with van der Waals surface area (Å²) in [5, 5.41) is 34.3. The van der Waals surface area contributed by atoms with Gasteiger partial charge in [0.05, 0.1) is 18.9 Å². The topological polar surface area (TPSA) is 251 Å². The number of aliphatic carboxylic acids is 3. The number of carbonyl (C=O) groups is 6. The smallest absolute Gasteiger partial charge is 0.326 e. The van der Waals surface area contributed by atoms with Gasteiger partial charge in [-0.05, 0) is 31.4 Å². The van der Waals surface area contributed by atoms with Gasteiger partial charge >= 0.3 is 17.9 Å². The zero-order valence-corrected chi connectivity index (χ0v) is 20.1. The number of rotatable bonds is 17. The van der Waals surface area contributed by atoms with Crippen LogP contribution in [0.4, 0.5) is 0 Å². The van der Waals surface area contributed by atoms with Crippen molar-refractivity contribution in [1.82, 2.24) is 16.0 Å². The van der Waals surface area contributed by atoms with E-state index in [2.05, 4.69) is 16.0 Å². The van der Waals surface area contributed by atoms with Crippen molar-refractivity contribution in [2.24, 2.45) is 11.5 Å². The molecule has 1 aromatic rings. The molecule has 14 heteroatoms. The Hall–Kier alpha value is -4.04. The fourth-order valence-electron chi connectivity index (χ4n) is 3.30. The van der Waals surface area contributed by atoms with Gasteiger partial charge in [0.1, 0.15) is 18.1 Å². The number of amides is 3. The van der Waals surface area contributed by atoms with E-state index in [0.29, 0.717) is 24.9 Å². The highest BCUT2D eigenvalue weighted by atomic mass is 16.4. The molecule has 4 atom stereocenters. The molecule has 1 aromatic carbocycles. The third kappa shape index (κ3) is 12.0. The van der Waals surface area contributed by atoms with Crippen molar-refractivity contribution in [2.75, 3.05) is 6.54 Å². The number of unbranched alkanes of at least 4 members (excludes halogenated alkanes) is 1. The van der Waals surface area contributed by atoms with Crippen LogP contribution in [0, 0.1) is 0 Å². The summed E-state index contributed by atoms with van der Waals surface area (Å²) in [4.78, 5) is 71.9. The Balaban J connectivity index is 3.10. The van der Waals surface area contributed by atoms with Gasteiger partial charge in [0, 0.05) is 6.42 Å². The summed E-state index contributed by atoms with van der Waals surface area (Å²) >= 11 is 0. The summed E-state index contributed by atoms with van der Waals surface area (Å²) in [5.74, 6) is -7.06. The largest absolute Gasteiger partial charge is 0.481 e. The Labute approximate surface area is 212 Å². The molecule has 0 fully saturated rings. The van der Waals surface area contributed by atoms with Crippen LogP contribution in [0.1, 0.15) is 37.7 Å². The van der Waals surface area contributed by atoms with E-state index in [1.165, 1.54) is 0 Å². The lowest BCUT2D eigenvalue weighted by Gasteiger charge is -2.24. The molecular formula is C23H33N5O9.